The lowest BCUT2D eigenvalue weighted by Crippen LogP contribution is -2.31. The molecule has 0 unspecified atom stereocenters. The molecule has 8 bridgehead atoms. The van der Waals surface area contributed by atoms with Crippen molar-refractivity contribution in [3.63, 3.8) is 0 Å². The fourth-order valence-corrected chi connectivity index (χ4v) is 15.9. The molecule has 0 spiro atoms. The summed E-state index contributed by atoms with van der Waals surface area (Å²) in [6, 6.07) is 31.0. The number of amides is 8. The molecule has 0 radical (unpaired) electrons. The second kappa shape index (κ2) is 25.8. The van der Waals surface area contributed by atoms with E-state index in [1.54, 1.807) is 0 Å². The topological polar surface area (TPSA) is 201 Å². The molecule has 0 aromatic heterocycles. The Morgan fingerprint density at radius 1 is 0.188 bits per heavy atom. The minimum atomic E-state index is -0.781. The number of hydrogen-bond acceptors (Lipinski definition) is 8. The first-order chi connectivity index (χ1) is 51.1. The molecule has 8 aromatic rings. The van der Waals surface area contributed by atoms with Gasteiger partial charge in [-0.15, -0.1) is 0 Å². The van der Waals surface area contributed by atoms with Gasteiger partial charge in [-0.1, -0.05) is 270 Å². The molecule has 0 fully saturated rings. The lowest BCUT2D eigenvalue weighted by molar-refractivity contribution is 0.261. The van der Waals surface area contributed by atoms with E-state index < -0.39 is 89.1 Å². The molecule has 5 heterocycles. The van der Waals surface area contributed by atoms with Crippen molar-refractivity contribution in [2.24, 2.45) is 0 Å². The third-order valence-electron chi connectivity index (χ3n) is 23.8. The minimum absolute atomic E-state index is 0.396. The Kier molecular flexibility index (Phi) is 18.4. The summed E-state index contributed by atoms with van der Waals surface area (Å²) in [6.07, 6.45) is 0. The van der Waals surface area contributed by atoms with Gasteiger partial charge >= 0.3 is 24.1 Å². The molecule has 5 aliphatic rings. The average molecular weight is 1510 g/mol. The number of rotatable bonds is 0. The van der Waals surface area contributed by atoms with Crippen LogP contribution in [-0.4, -0.2) is 24.1 Å². The second-order valence-electron chi connectivity index (χ2n) is 42.4. The lowest BCUT2D eigenvalue weighted by atomic mass is 9.71. The van der Waals surface area contributed by atoms with Crippen molar-refractivity contribution >= 4 is 69.6 Å². The zero-order valence-corrected chi connectivity index (χ0v) is 72.5. The van der Waals surface area contributed by atoms with E-state index in [4.69, 9.17) is 18.9 Å². The molecule has 112 heavy (non-hydrogen) atoms. The van der Waals surface area contributed by atoms with Gasteiger partial charge in [-0.05, 0) is 136 Å². The van der Waals surface area contributed by atoms with Crippen molar-refractivity contribution in [2.75, 3.05) is 42.5 Å². The minimum Gasteiger partial charge on any atom is -0.452 e. The molecule has 8 N–H and O–H groups in total. The number of benzene rings is 8. The van der Waals surface area contributed by atoms with Crippen LogP contribution in [0.25, 0.3) is 0 Å². The van der Waals surface area contributed by atoms with E-state index >= 15 is 19.2 Å². The van der Waals surface area contributed by atoms with Crippen LogP contribution in [0.1, 0.15) is 311 Å². The van der Waals surface area contributed by atoms with Crippen LogP contribution in [0.2, 0.25) is 0 Å². The molecule has 16 nitrogen and oxygen atoms in total. The quantitative estimate of drug-likeness (QED) is 0.0733. The van der Waals surface area contributed by atoms with Crippen LogP contribution in [0.5, 0.6) is 46.0 Å². The summed E-state index contributed by atoms with van der Waals surface area (Å²) in [7, 11) is 0. The number of anilines is 8. The van der Waals surface area contributed by atoms with E-state index in [-0.39, 0.29) is 0 Å². The van der Waals surface area contributed by atoms with Crippen molar-refractivity contribution < 1.29 is 38.1 Å². The largest absolute Gasteiger partial charge is 0.452 e. The Labute approximate surface area is 665 Å². The van der Waals surface area contributed by atoms with Gasteiger partial charge in [0, 0.05) is 66.2 Å². The summed E-state index contributed by atoms with van der Waals surface area (Å²) in [5.74, 6) is 3.31. The number of carbonyl (C=O) groups excluding carboxylic acids is 4. The lowest BCUT2D eigenvalue weighted by Gasteiger charge is -2.39. The fraction of sp³-hybridized carbons (Fsp3) is 0.458. The highest BCUT2D eigenvalue weighted by molar-refractivity contribution is 6.07. The van der Waals surface area contributed by atoms with E-state index in [0.29, 0.717) is 91.5 Å². The highest BCUT2D eigenvalue weighted by Gasteiger charge is 2.47. The summed E-state index contributed by atoms with van der Waals surface area (Å²) >= 11 is 0. The zero-order valence-electron chi connectivity index (χ0n) is 72.5. The molecular weight excluding hydrogens is 1390 g/mol. The highest BCUT2D eigenvalue weighted by atomic mass is 16.5. The number of hydrogen-bond donors (Lipinski definition) is 8. The fourth-order valence-electron chi connectivity index (χ4n) is 15.9. The van der Waals surface area contributed by atoms with Gasteiger partial charge in [0.15, 0.2) is 46.0 Å². The van der Waals surface area contributed by atoms with Crippen molar-refractivity contribution in [1.82, 2.24) is 0 Å². The molecule has 0 aliphatic carbocycles. The third-order valence-corrected chi connectivity index (χ3v) is 23.8. The summed E-state index contributed by atoms with van der Waals surface area (Å²) in [5.41, 5.74) is 11.4. The second-order valence-corrected chi connectivity index (χ2v) is 42.4. The first-order valence-corrected chi connectivity index (χ1v) is 39.7. The van der Waals surface area contributed by atoms with Crippen molar-refractivity contribution in [1.29, 1.82) is 0 Å². The van der Waals surface area contributed by atoms with Gasteiger partial charge in [0.1, 0.15) is 0 Å². The Bertz CT molecular complexity index is 4370. The van der Waals surface area contributed by atoms with Gasteiger partial charge in [-0.3, -0.25) is 0 Å². The van der Waals surface area contributed by atoms with E-state index in [2.05, 4.69) is 313 Å². The van der Waals surface area contributed by atoms with Crippen molar-refractivity contribution in [2.45, 2.75) is 287 Å². The maximum absolute atomic E-state index is 15.6. The Morgan fingerprint density at radius 2 is 0.286 bits per heavy atom. The smallest absolute Gasteiger partial charge is 0.323 e. The maximum atomic E-state index is 15.6. The van der Waals surface area contributed by atoms with Gasteiger partial charge in [0.05, 0.1) is 45.5 Å². The first-order valence-electron chi connectivity index (χ1n) is 39.7. The Hall–Kier alpha value is -9.96. The molecule has 0 atom stereocenters. The van der Waals surface area contributed by atoms with Crippen LogP contribution < -0.4 is 61.5 Å². The molecule has 0 saturated heterocycles. The molecule has 0 saturated carbocycles. The molecule has 16 heteroatoms. The SMILES string of the molecule is CC(C)(C)c1cc2c3c(c1)C(C)(C)c1cc(C(C)(C)C)cc(c1O3)NC(=O)Nc1cc(C(C)(C)C)cc3c1Oc1c(cc(C(C)(C)C)cc1C3(C)C)NC(=O)Nc1cc(C(C)(C)C)cc3c1Oc1c(cc(C(C)(C)C)cc1C3(C)C)NC(=O)Nc1cc(C(C)(C)C)cc3c1Oc1c(cc(C(C)(C)C)cc1C3(C)C)NC(=O)N2. The monoisotopic (exact) mass is 1510 g/mol. The van der Waals surface area contributed by atoms with E-state index in [9.17, 15) is 0 Å². The number of urea groups is 4. The van der Waals surface area contributed by atoms with Crippen molar-refractivity contribution in [3.05, 3.63) is 186 Å². The molecule has 8 aromatic carbocycles. The van der Waals surface area contributed by atoms with Crippen molar-refractivity contribution in [3.8, 4) is 46.0 Å². The number of carbonyl (C=O) groups is 4. The normalized spacial score (nSPS) is 17.1. The van der Waals surface area contributed by atoms with E-state index in [1.807, 2.05) is 48.5 Å². The van der Waals surface area contributed by atoms with E-state index in [1.165, 1.54) is 0 Å². The van der Waals surface area contributed by atoms with Gasteiger partial charge in [-0.25, -0.2) is 19.2 Å². The summed E-state index contributed by atoms with van der Waals surface area (Å²) in [5, 5.41) is 26.5. The van der Waals surface area contributed by atoms with Crippen LogP contribution in [0.4, 0.5) is 64.7 Å². The number of nitrogens with one attached hydrogen (secondary N) is 8. The summed E-state index contributed by atoms with van der Waals surface area (Å²) < 4.78 is 29.3. The third kappa shape index (κ3) is 14.3. The average Bonchev–Trinajstić information content (AvgIpc) is 0.736. The van der Waals surface area contributed by atoms with Gasteiger partial charge in [-0.2, -0.15) is 0 Å². The van der Waals surface area contributed by atoms with Gasteiger partial charge in [0.25, 0.3) is 0 Å². The van der Waals surface area contributed by atoms with Gasteiger partial charge in [0.2, 0.25) is 0 Å². The predicted octanol–water partition coefficient (Wildman–Crippen LogP) is 26.7. The zero-order chi connectivity index (χ0) is 82.6. The Balaban J connectivity index is 1.04. The predicted molar refractivity (Wildman–Crippen MR) is 461 cm³/mol. The van der Waals surface area contributed by atoms with Crippen LogP contribution in [0.15, 0.2) is 97.1 Å². The Morgan fingerprint density at radius 3 is 0.375 bits per heavy atom. The summed E-state index contributed by atoms with van der Waals surface area (Å²) in [6.45, 7) is 68.9. The first kappa shape index (κ1) is 80.1. The molecule has 592 valence electrons. The maximum Gasteiger partial charge on any atom is 0.323 e. The number of ether oxygens (including phenoxy) is 4. The van der Waals surface area contributed by atoms with Crippen LogP contribution >= 0.6 is 0 Å². The highest BCUT2D eigenvalue weighted by Crippen LogP contribution is 2.61. The van der Waals surface area contributed by atoms with Crippen LogP contribution in [0.3, 0.4) is 0 Å². The van der Waals surface area contributed by atoms with Crippen LogP contribution in [-0.2, 0) is 65.0 Å². The molecule has 5 aliphatic heterocycles. The molecular formula is C96H120N8O8. The molecule has 8 amide bonds. The summed E-state index contributed by atoms with van der Waals surface area (Å²) in [4.78, 5) is 62.6. The standard InChI is InChI=1S/C96H120N8O8/c1-85(2,3)49-33-57-73-65(41-49)97-81(105)98-67-43-51(87(7,8)9)35-59-75(67)110-76-60(94(59,27)28)36-52(88(10,11)12)44-68(76)101-83(107)102-71-47-55(91(19,20)21)39-63-79(71)112-80-64(96(63,31)32)40-56(92(22,23)24)48-72(80)104-84(108)103-70-46-54(90(16,17)18)38-62-78(70)111-77-61(95(62,29)30)37-53(89(13,14)15)45-69(77)100-82(106)99-66-42-50(86(4,5)6)34-58(74(66)109-73)93(57,25)26/h33-48H,1-32H3,(H2,97,98,105)(H2,99,100,106)(H2,101,102,107)(H2,103,104,108). The van der Waals surface area contributed by atoms with Crippen LogP contribution in [0, 0.1) is 0 Å². The van der Waals surface area contributed by atoms with E-state index in [0.717, 1.165) is 89.0 Å². The van der Waals surface area contributed by atoms with Gasteiger partial charge < -0.3 is 61.5 Å². The molecule has 13 rings (SSSR count).